The van der Waals surface area contributed by atoms with Crippen molar-refractivity contribution in [2.75, 3.05) is 5.32 Å². The van der Waals surface area contributed by atoms with Crippen molar-refractivity contribution < 1.29 is 4.92 Å². The van der Waals surface area contributed by atoms with Crippen molar-refractivity contribution in [2.45, 2.75) is 6.54 Å². The fourth-order valence-electron chi connectivity index (χ4n) is 1.52. The van der Waals surface area contributed by atoms with E-state index in [1.807, 2.05) is 24.3 Å². The third-order valence-corrected chi connectivity index (χ3v) is 2.82. The van der Waals surface area contributed by atoms with Gasteiger partial charge < -0.3 is 15.4 Å². The minimum atomic E-state index is -0.497. The molecule has 0 unspecified atom stereocenters. The molecule has 2 rings (SSSR count). The van der Waals surface area contributed by atoms with Gasteiger partial charge in [0.15, 0.2) is 0 Å². The number of hydrogen-bond acceptors (Lipinski definition) is 4. The molecule has 0 fully saturated rings. The molecule has 1 N–H and O–H groups in total. The van der Waals surface area contributed by atoms with Crippen LogP contribution in [0.25, 0.3) is 0 Å². The Kier molecular flexibility index (Phi) is 3.88. The molecule has 18 heavy (non-hydrogen) atoms. The molecule has 0 bridgehead atoms. The van der Waals surface area contributed by atoms with E-state index in [1.54, 1.807) is 12.1 Å². The molecule has 0 radical (unpaired) electrons. The number of halogens is 1. The number of anilines is 1. The average Bonchev–Trinajstić information content (AvgIpc) is 2.37. The Bertz CT molecular complexity index is 575. The Balaban J connectivity index is 2.13. The second kappa shape index (κ2) is 5.59. The van der Waals surface area contributed by atoms with Crippen LogP contribution in [-0.2, 0) is 6.54 Å². The third kappa shape index (κ3) is 3.04. The molecule has 0 aliphatic carbocycles. The van der Waals surface area contributed by atoms with Gasteiger partial charge in [-0.1, -0.05) is 28.1 Å². The Morgan fingerprint density at radius 2 is 2.17 bits per heavy atom. The molecular formula is C12H10BrN3O2. The summed E-state index contributed by atoms with van der Waals surface area (Å²) in [6, 6.07) is 11.0. The van der Waals surface area contributed by atoms with Crippen molar-refractivity contribution in [3.05, 3.63) is 62.7 Å². The quantitative estimate of drug-likeness (QED) is 0.694. The zero-order valence-electron chi connectivity index (χ0n) is 9.34. The van der Waals surface area contributed by atoms with E-state index >= 15 is 0 Å². The number of nitrogens with one attached hydrogen (secondary N) is 1. The van der Waals surface area contributed by atoms with Crippen LogP contribution in [0.2, 0.25) is 0 Å². The van der Waals surface area contributed by atoms with Gasteiger partial charge in [0.1, 0.15) is 11.9 Å². The average molecular weight is 308 g/mol. The van der Waals surface area contributed by atoms with E-state index in [-0.39, 0.29) is 5.82 Å². The largest absolute Gasteiger partial charge is 0.386 e. The third-order valence-electron chi connectivity index (χ3n) is 2.33. The van der Waals surface area contributed by atoms with Crippen LogP contribution in [0.3, 0.4) is 0 Å². The van der Waals surface area contributed by atoms with Crippen molar-refractivity contribution >= 4 is 27.4 Å². The fraction of sp³-hybridized carbons (Fsp3) is 0.0833. The van der Waals surface area contributed by atoms with E-state index in [0.29, 0.717) is 12.2 Å². The van der Waals surface area contributed by atoms with Gasteiger partial charge in [-0.05, 0) is 39.7 Å². The van der Waals surface area contributed by atoms with Gasteiger partial charge in [0.2, 0.25) is 0 Å². The zero-order chi connectivity index (χ0) is 13.0. The van der Waals surface area contributed by atoms with E-state index in [1.165, 1.54) is 6.20 Å². The minimum absolute atomic E-state index is 0.160. The second-order valence-corrected chi connectivity index (χ2v) is 4.53. The van der Waals surface area contributed by atoms with Gasteiger partial charge in [0, 0.05) is 11.0 Å². The minimum Gasteiger partial charge on any atom is -0.374 e. The SMILES string of the molecule is O=[N+]([O-])c1ncccc1NCc1cccc(Br)c1. The lowest BCUT2D eigenvalue weighted by atomic mass is 10.2. The highest BCUT2D eigenvalue weighted by Gasteiger charge is 2.13. The van der Waals surface area contributed by atoms with E-state index in [2.05, 4.69) is 26.2 Å². The van der Waals surface area contributed by atoms with Crippen LogP contribution in [0.4, 0.5) is 11.5 Å². The summed E-state index contributed by atoms with van der Waals surface area (Å²) in [5.74, 6) is -0.160. The molecule has 0 aliphatic rings. The number of nitrogens with zero attached hydrogens (tertiary/aromatic N) is 2. The Labute approximate surface area is 112 Å². The summed E-state index contributed by atoms with van der Waals surface area (Å²) in [7, 11) is 0. The van der Waals surface area contributed by atoms with Crippen molar-refractivity contribution in [1.82, 2.24) is 4.98 Å². The van der Waals surface area contributed by atoms with Crippen LogP contribution in [0.15, 0.2) is 47.1 Å². The van der Waals surface area contributed by atoms with Crippen LogP contribution in [0.5, 0.6) is 0 Å². The number of hydrogen-bond donors (Lipinski definition) is 1. The van der Waals surface area contributed by atoms with Crippen LogP contribution < -0.4 is 5.32 Å². The molecule has 92 valence electrons. The van der Waals surface area contributed by atoms with Gasteiger partial charge in [-0.3, -0.25) is 0 Å². The van der Waals surface area contributed by atoms with E-state index in [0.717, 1.165) is 10.0 Å². The number of aromatic nitrogens is 1. The number of benzene rings is 1. The molecule has 1 aromatic heterocycles. The molecule has 0 aliphatic heterocycles. The van der Waals surface area contributed by atoms with Gasteiger partial charge in [0.05, 0.1) is 0 Å². The highest BCUT2D eigenvalue weighted by atomic mass is 79.9. The monoisotopic (exact) mass is 307 g/mol. The highest BCUT2D eigenvalue weighted by Crippen LogP contribution is 2.21. The predicted molar refractivity (Wildman–Crippen MR) is 72.4 cm³/mol. The summed E-state index contributed by atoms with van der Waals surface area (Å²) < 4.78 is 0.975. The summed E-state index contributed by atoms with van der Waals surface area (Å²) in [6.45, 7) is 0.506. The molecule has 1 heterocycles. The first kappa shape index (κ1) is 12.5. The summed E-state index contributed by atoms with van der Waals surface area (Å²) >= 11 is 3.38. The molecule has 0 atom stereocenters. The van der Waals surface area contributed by atoms with Crippen molar-refractivity contribution in [2.24, 2.45) is 0 Å². The molecule has 6 heteroatoms. The van der Waals surface area contributed by atoms with Crippen molar-refractivity contribution in [3.8, 4) is 0 Å². The molecule has 2 aromatic rings. The standard InChI is InChI=1S/C12H10BrN3O2/c13-10-4-1-3-9(7-10)8-15-11-5-2-6-14-12(11)16(17)18/h1-7,15H,8H2. The highest BCUT2D eigenvalue weighted by molar-refractivity contribution is 9.10. The number of pyridine rings is 1. The molecule has 0 amide bonds. The smallest absolute Gasteiger partial charge is 0.374 e. The van der Waals surface area contributed by atoms with Gasteiger partial charge in [-0.25, -0.2) is 0 Å². The first-order chi connectivity index (χ1) is 8.66. The fourth-order valence-corrected chi connectivity index (χ4v) is 1.97. The lowest BCUT2D eigenvalue weighted by molar-refractivity contribution is -0.388. The van der Waals surface area contributed by atoms with Gasteiger partial charge in [-0.15, -0.1) is 0 Å². The number of rotatable bonds is 4. The maximum absolute atomic E-state index is 10.8. The normalized spacial score (nSPS) is 10.1. The van der Waals surface area contributed by atoms with Gasteiger partial charge in [0.25, 0.3) is 0 Å². The summed E-state index contributed by atoms with van der Waals surface area (Å²) in [5.41, 5.74) is 1.45. The Morgan fingerprint density at radius 3 is 2.89 bits per heavy atom. The summed E-state index contributed by atoms with van der Waals surface area (Å²) in [5, 5.41) is 13.8. The predicted octanol–water partition coefficient (Wildman–Crippen LogP) is 3.36. The molecule has 1 aromatic carbocycles. The lowest BCUT2D eigenvalue weighted by Crippen LogP contribution is -2.03. The molecule has 0 spiro atoms. The first-order valence-corrected chi connectivity index (χ1v) is 6.04. The topological polar surface area (TPSA) is 68.1 Å². The van der Waals surface area contributed by atoms with Gasteiger partial charge in [-0.2, -0.15) is 0 Å². The first-order valence-electron chi connectivity index (χ1n) is 5.24. The Morgan fingerprint density at radius 1 is 1.33 bits per heavy atom. The Hall–Kier alpha value is -1.95. The van der Waals surface area contributed by atoms with Crippen LogP contribution >= 0.6 is 15.9 Å². The molecule has 0 saturated heterocycles. The molecule has 5 nitrogen and oxygen atoms in total. The van der Waals surface area contributed by atoms with Crippen molar-refractivity contribution in [3.63, 3.8) is 0 Å². The number of nitro groups is 1. The molecular weight excluding hydrogens is 298 g/mol. The second-order valence-electron chi connectivity index (χ2n) is 3.62. The van der Waals surface area contributed by atoms with Crippen LogP contribution in [0.1, 0.15) is 5.56 Å². The van der Waals surface area contributed by atoms with Crippen LogP contribution in [-0.4, -0.2) is 9.91 Å². The summed E-state index contributed by atoms with van der Waals surface area (Å²) in [6.07, 6.45) is 1.41. The van der Waals surface area contributed by atoms with E-state index < -0.39 is 4.92 Å². The zero-order valence-corrected chi connectivity index (χ0v) is 10.9. The summed E-state index contributed by atoms with van der Waals surface area (Å²) in [4.78, 5) is 14.0. The van der Waals surface area contributed by atoms with E-state index in [9.17, 15) is 10.1 Å². The molecule has 0 saturated carbocycles. The maximum atomic E-state index is 10.8. The van der Waals surface area contributed by atoms with Crippen LogP contribution in [0, 0.1) is 10.1 Å². The maximum Gasteiger partial charge on any atom is 0.386 e. The van der Waals surface area contributed by atoms with E-state index in [4.69, 9.17) is 0 Å². The van der Waals surface area contributed by atoms with Gasteiger partial charge >= 0.3 is 5.82 Å². The lowest BCUT2D eigenvalue weighted by Gasteiger charge is -2.06. The van der Waals surface area contributed by atoms with Crippen molar-refractivity contribution in [1.29, 1.82) is 0 Å².